The number of nitrogens with zero attached hydrogens (tertiary/aromatic N) is 2. The number of thiophene rings is 1. The van der Waals surface area contributed by atoms with Crippen LogP contribution < -0.4 is 15.6 Å². The molecule has 6 nitrogen and oxygen atoms in total. The molecule has 9 heteroatoms. The largest absolute Gasteiger partial charge is 0.497 e. The molecule has 152 valence electrons. The van der Waals surface area contributed by atoms with Crippen molar-refractivity contribution < 1.29 is 13.9 Å². The Morgan fingerprint density at radius 3 is 2.80 bits per heavy atom. The van der Waals surface area contributed by atoms with E-state index in [9.17, 15) is 14.0 Å². The lowest BCUT2D eigenvalue weighted by Gasteiger charge is -2.12. The molecular weight excluding hydrogens is 425 g/mol. The lowest BCUT2D eigenvalue weighted by molar-refractivity contribution is -0.113. The van der Waals surface area contributed by atoms with E-state index in [4.69, 9.17) is 4.74 Å². The molecule has 1 N–H and O–H groups in total. The number of aromatic nitrogens is 2. The van der Waals surface area contributed by atoms with Crippen LogP contribution in [0.2, 0.25) is 0 Å². The Morgan fingerprint density at radius 1 is 1.23 bits per heavy atom. The van der Waals surface area contributed by atoms with Crippen LogP contribution in [-0.2, 0) is 4.79 Å². The van der Waals surface area contributed by atoms with Crippen molar-refractivity contribution in [2.75, 3.05) is 18.2 Å². The molecule has 4 rings (SSSR count). The van der Waals surface area contributed by atoms with Gasteiger partial charge in [0.1, 0.15) is 16.3 Å². The Hall–Kier alpha value is -3.17. The van der Waals surface area contributed by atoms with Crippen LogP contribution in [0.25, 0.3) is 15.9 Å². The van der Waals surface area contributed by atoms with E-state index < -0.39 is 5.82 Å². The quantitative estimate of drug-likeness (QED) is 0.356. The number of benzene rings is 2. The maximum absolute atomic E-state index is 13.4. The fourth-order valence-electron chi connectivity index (χ4n) is 2.83. The smallest absolute Gasteiger partial charge is 0.276 e. The second kappa shape index (κ2) is 8.68. The van der Waals surface area contributed by atoms with Crippen LogP contribution in [0, 0.1) is 5.82 Å². The number of hydrogen-bond acceptors (Lipinski definition) is 6. The zero-order chi connectivity index (χ0) is 21.1. The maximum atomic E-state index is 13.4. The van der Waals surface area contributed by atoms with E-state index in [2.05, 4.69) is 10.3 Å². The molecule has 0 saturated carbocycles. The molecule has 0 radical (unpaired) electrons. The standard InChI is InChI=1S/C21H16FN3O3S2/c1-28-16-4-2-3-14(11-16)23-18(26)12-30-21-24-17-9-10-29-19(17)20(27)25(21)15-7-5-13(22)6-8-15/h2-11H,12H2,1H3,(H,23,26). The van der Waals surface area contributed by atoms with Crippen molar-refractivity contribution in [1.29, 1.82) is 0 Å². The van der Waals surface area contributed by atoms with E-state index in [1.54, 1.807) is 42.8 Å². The lowest BCUT2D eigenvalue weighted by atomic mass is 10.3. The maximum Gasteiger partial charge on any atom is 0.276 e. The van der Waals surface area contributed by atoms with E-state index in [1.807, 2.05) is 0 Å². The fourth-order valence-corrected chi connectivity index (χ4v) is 4.41. The number of carbonyl (C=O) groups is 1. The number of thioether (sulfide) groups is 1. The first-order chi connectivity index (χ1) is 14.5. The number of fused-ring (bicyclic) bond motifs is 1. The van der Waals surface area contributed by atoms with Gasteiger partial charge in [-0.05, 0) is 47.8 Å². The summed E-state index contributed by atoms with van der Waals surface area (Å²) in [6.45, 7) is 0. The van der Waals surface area contributed by atoms with E-state index in [0.717, 1.165) is 11.8 Å². The number of anilines is 1. The summed E-state index contributed by atoms with van der Waals surface area (Å²) in [7, 11) is 1.55. The van der Waals surface area contributed by atoms with Gasteiger partial charge in [-0.3, -0.25) is 14.2 Å². The fraction of sp³-hybridized carbons (Fsp3) is 0.0952. The molecule has 0 saturated heterocycles. The SMILES string of the molecule is COc1cccc(NC(=O)CSc2nc3ccsc3c(=O)n2-c2ccc(F)cc2)c1. The van der Waals surface area contributed by atoms with E-state index >= 15 is 0 Å². The van der Waals surface area contributed by atoms with Crippen molar-refractivity contribution in [2.45, 2.75) is 5.16 Å². The Balaban J connectivity index is 1.61. The van der Waals surface area contributed by atoms with Crippen molar-refractivity contribution in [1.82, 2.24) is 9.55 Å². The molecule has 0 aliphatic heterocycles. The summed E-state index contributed by atoms with van der Waals surface area (Å²) >= 11 is 2.43. The highest BCUT2D eigenvalue weighted by Gasteiger charge is 2.16. The number of amides is 1. The molecular formula is C21H16FN3O3S2. The van der Waals surface area contributed by atoms with Gasteiger partial charge >= 0.3 is 0 Å². The molecule has 0 atom stereocenters. The number of rotatable bonds is 6. The normalized spacial score (nSPS) is 10.9. The van der Waals surface area contributed by atoms with Gasteiger partial charge < -0.3 is 10.1 Å². The van der Waals surface area contributed by atoms with Crippen LogP contribution >= 0.6 is 23.1 Å². The number of halogens is 1. The molecule has 0 unspecified atom stereocenters. The Bertz CT molecular complexity index is 1270. The molecule has 0 aliphatic carbocycles. The van der Waals surface area contributed by atoms with Crippen molar-refractivity contribution >= 4 is 44.9 Å². The van der Waals surface area contributed by atoms with Gasteiger partial charge in [0.2, 0.25) is 5.91 Å². The summed E-state index contributed by atoms with van der Waals surface area (Å²) in [5.41, 5.74) is 1.41. The third-order valence-corrected chi connectivity index (χ3v) is 6.05. The van der Waals surface area contributed by atoms with Gasteiger partial charge in [-0.25, -0.2) is 9.37 Å². The lowest BCUT2D eigenvalue weighted by Crippen LogP contribution is -2.22. The van der Waals surface area contributed by atoms with Gasteiger partial charge in [-0.2, -0.15) is 0 Å². The highest BCUT2D eigenvalue weighted by atomic mass is 32.2. The van der Waals surface area contributed by atoms with E-state index in [0.29, 0.717) is 32.5 Å². The number of ether oxygens (including phenoxy) is 1. The second-order valence-electron chi connectivity index (χ2n) is 6.22. The summed E-state index contributed by atoms with van der Waals surface area (Å²) in [4.78, 5) is 30.0. The molecule has 0 aliphatic rings. The monoisotopic (exact) mass is 441 g/mol. The summed E-state index contributed by atoms with van der Waals surface area (Å²) in [6, 6.07) is 14.4. The van der Waals surface area contributed by atoms with Crippen LogP contribution in [0.5, 0.6) is 5.75 Å². The Kier molecular flexibility index (Phi) is 5.82. The van der Waals surface area contributed by atoms with Gasteiger partial charge in [-0.1, -0.05) is 17.8 Å². The highest BCUT2D eigenvalue weighted by Crippen LogP contribution is 2.24. The number of carbonyl (C=O) groups excluding carboxylic acids is 1. The van der Waals surface area contributed by atoms with Gasteiger partial charge in [0.15, 0.2) is 5.16 Å². The summed E-state index contributed by atoms with van der Waals surface area (Å²) in [5, 5.41) is 4.95. The Morgan fingerprint density at radius 2 is 2.03 bits per heavy atom. The Labute approximate surface area is 179 Å². The number of hydrogen-bond donors (Lipinski definition) is 1. The summed E-state index contributed by atoms with van der Waals surface area (Å²) in [5.74, 6) is 0.0260. The van der Waals surface area contributed by atoms with Crippen molar-refractivity contribution in [3.05, 3.63) is 76.1 Å². The summed E-state index contributed by atoms with van der Waals surface area (Å²) in [6.07, 6.45) is 0. The summed E-state index contributed by atoms with van der Waals surface area (Å²) < 4.78 is 20.4. The van der Waals surface area contributed by atoms with Crippen LogP contribution in [0.4, 0.5) is 10.1 Å². The predicted molar refractivity (Wildman–Crippen MR) is 118 cm³/mol. The minimum Gasteiger partial charge on any atom is -0.497 e. The molecule has 0 spiro atoms. The van der Waals surface area contributed by atoms with Gasteiger partial charge in [-0.15, -0.1) is 11.3 Å². The predicted octanol–water partition coefficient (Wildman–Crippen LogP) is 4.33. The third-order valence-electron chi connectivity index (χ3n) is 4.22. The van der Waals surface area contributed by atoms with E-state index in [-0.39, 0.29) is 17.2 Å². The average Bonchev–Trinajstić information content (AvgIpc) is 3.22. The van der Waals surface area contributed by atoms with Gasteiger partial charge in [0, 0.05) is 11.8 Å². The number of methoxy groups -OCH3 is 1. The third kappa shape index (κ3) is 4.22. The van der Waals surface area contributed by atoms with Gasteiger partial charge in [0.25, 0.3) is 5.56 Å². The molecule has 2 aromatic heterocycles. The molecule has 4 aromatic rings. The minimum atomic E-state index is -0.399. The average molecular weight is 442 g/mol. The zero-order valence-electron chi connectivity index (χ0n) is 15.8. The van der Waals surface area contributed by atoms with Crippen molar-refractivity contribution in [3.8, 4) is 11.4 Å². The van der Waals surface area contributed by atoms with Crippen molar-refractivity contribution in [3.63, 3.8) is 0 Å². The van der Waals surface area contributed by atoms with Crippen molar-refractivity contribution in [2.24, 2.45) is 0 Å². The van der Waals surface area contributed by atoms with Crippen LogP contribution in [-0.4, -0.2) is 28.3 Å². The zero-order valence-corrected chi connectivity index (χ0v) is 17.4. The van der Waals surface area contributed by atoms with Crippen LogP contribution in [0.1, 0.15) is 0 Å². The highest BCUT2D eigenvalue weighted by molar-refractivity contribution is 7.99. The topological polar surface area (TPSA) is 73.2 Å². The first-order valence-electron chi connectivity index (χ1n) is 8.88. The number of nitrogens with one attached hydrogen (secondary N) is 1. The van der Waals surface area contributed by atoms with Gasteiger partial charge in [0.05, 0.1) is 24.1 Å². The molecule has 1 amide bonds. The molecule has 2 aromatic carbocycles. The first-order valence-corrected chi connectivity index (χ1v) is 10.7. The van der Waals surface area contributed by atoms with Crippen LogP contribution in [0.3, 0.4) is 0 Å². The van der Waals surface area contributed by atoms with E-state index in [1.165, 1.54) is 40.2 Å². The van der Waals surface area contributed by atoms with Crippen LogP contribution in [0.15, 0.2) is 69.9 Å². The molecule has 30 heavy (non-hydrogen) atoms. The molecule has 0 bridgehead atoms. The second-order valence-corrected chi connectivity index (χ2v) is 8.07. The first kappa shape index (κ1) is 20.1. The molecule has 2 heterocycles. The minimum absolute atomic E-state index is 0.0422. The molecule has 0 fully saturated rings.